The third-order valence-corrected chi connectivity index (χ3v) is 4.68. The van der Waals surface area contributed by atoms with Crippen molar-refractivity contribution in [1.82, 2.24) is 0 Å². The molecular weight excluding hydrogens is 365 g/mol. The summed E-state index contributed by atoms with van der Waals surface area (Å²) in [5.74, 6) is 0.621. The average molecular weight is 384 g/mol. The van der Waals surface area contributed by atoms with Gasteiger partial charge in [0.05, 0.1) is 10.7 Å². The third kappa shape index (κ3) is 4.66. The number of ether oxygens (including phenoxy) is 1. The van der Waals surface area contributed by atoms with Crippen LogP contribution >= 0.6 is 23.2 Å². The van der Waals surface area contributed by atoms with Gasteiger partial charge in [0.25, 0.3) is 0 Å². The second-order valence-corrected chi connectivity index (χ2v) is 6.93. The number of hydrogen-bond acceptors (Lipinski definition) is 2. The van der Waals surface area contributed by atoms with Crippen LogP contribution in [0.4, 0.5) is 5.69 Å². The van der Waals surface area contributed by atoms with Crippen LogP contribution in [0.5, 0.6) is 5.75 Å². The Morgan fingerprint density at radius 2 is 1.73 bits per heavy atom. The molecule has 0 atom stereocenters. The SMILES string of the molecule is Cc1ccc(C)c(N=Cc2ccc(OCc3ccccc3Cl)c(Cl)c2)c1. The molecule has 0 fully saturated rings. The molecule has 0 aromatic heterocycles. The molecular formula is C22H19Cl2NO. The number of aryl methyl sites for hydroxylation is 2. The molecule has 0 amide bonds. The number of benzene rings is 3. The maximum atomic E-state index is 6.35. The molecule has 0 heterocycles. The van der Waals surface area contributed by atoms with E-state index in [0.717, 1.165) is 22.4 Å². The van der Waals surface area contributed by atoms with Crippen molar-refractivity contribution in [2.45, 2.75) is 20.5 Å². The average Bonchev–Trinajstić information content (AvgIpc) is 2.63. The van der Waals surface area contributed by atoms with Crippen LogP contribution in [0, 0.1) is 13.8 Å². The van der Waals surface area contributed by atoms with Gasteiger partial charge in [0.2, 0.25) is 0 Å². The number of aliphatic imine (C=N–C) groups is 1. The predicted molar refractivity (Wildman–Crippen MR) is 110 cm³/mol. The Bertz CT molecular complexity index is 951. The number of rotatable bonds is 5. The van der Waals surface area contributed by atoms with E-state index in [1.54, 1.807) is 0 Å². The Morgan fingerprint density at radius 1 is 0.923 bits per heavy atom. The van der Waals surface area contributed by atoms with E-state index in [1.165, 1.54) is 5.56 Å². The molecule has 0 radical (unpaired) electrons. The molecule has 0 bridgehead atoms. The van der Waals surface area contributed by atoms with Crippen LogP contribution in [0.1, 0.15) is 22.3 Å². The van der Waals surface area contributed by atoms with Crippen molar-refractivity contribution in [2.75, 3.05) is 0 Å². The van der Waals surface area contributed by atoms with E-state index in [0.29, 0.717) is 22.4 Å². The third-order valence-electron chi connectivity index (χ3n) is 4.01. The van der Waals surface area contributed by atoms with Gasteiger partial charge in [-0.1, -0.05) is 53.5 Å². The van der Waals surface area contributed by atoms with Gasteiger partial charge in [0.15, 0.2) is 0 Å². The van der Waals surface area contributed by atoms with Gasteiger partial charge >= 0.3 is 0 Å². The van der Waals surface area contributed by atoms with Gasteiger partial charge < -0.3 is 4.74 Å². The fourth-order valence-electron chi connectivity index (χ4n) is 2.49. The van der Waals surface area contributed by atoms with Gasteiger partial charge in [-0.3, -0.25) is 4.99 Å². The summed E-state index contributed by atoms with van der Waals surface area (Å²) in [6.45, 7) is 4.47. The van der Waals surface area contributed by atoms with E-state index in [4.69, 9.17) is 27.9 Å². The molecule has 132 valence electrons. The highest BCUT2D eigenvalue weighted by Gasteiger charge is 2.05. The second kappa shape index (κ2) is 8.39. The van der Waals surface area contributed by atoms with Gasteiger partial charge in [0.1, 0.15) is 12.4 Å². The first-order chi connectivity index (χ1) is 12.5. The van der Waals surface area contributed by atoms with Crippen molar-refractivity contribution < 1.29 is 4.74 Å². The minimum Gasteiger partial charge on any atom is -0.487 e. The van der Waals surface area contributed by atoms with E-state index in [9.17, 15) is 0 Å². The van der Waals surface area contributed by atoms with Crippen LogP contribution < -0.4 is 4.74 Å². The van der Waals surface area contributed by atoms with Crippen molar-refractivity contribution in [3.63, 3.8) is 0 Å². The molecule has 4 heteroatoms. The van der Waals surface area contributed by atoms with Gasteiger partial charge in [-0.25, -0.2) is 0 Å². The van der Waals surface area contributed by atoms with E-state index < -0.39 is 0 Å². The summed E-state index contributed by atoms with van der Waals surface area (Å²) in [6, 6.07) is 19.4. The first-order valence-electron chi connectivity index (χ1n) is 8.30. The maximum Gasteiger partial charge on any atom is 0.138 e. The second-order valence-electron chi connectivity index (χ2n) is 6.12. The molecule has 0 unspecified atom stereocenters. The monoisotopic (exact) mass is 383 g/mol. The van der Waals surface area contributed by atoms with Crippen LogP contribution in [0.3, 0.4) is 0 Å². The van der Waals surface area contributed by atoms with Crippen LogP contribution in [0.2, 0.25) is 10.0 Å². The van der Waals surface area contributed by atoms with Crippen molar-refractivity contribution in [3.8, 4) is 5.75 Å². The van der Waals surface area contributed by atoms with Crippen LogP contribution in [-0.2, 0) is 6.61 Å². The smallest absolute Gasteiger partial charge is 0.138 e. The quantitative estimate of drug-likeness (QED) is 0.437. The minimum absolute atomic E-state index is 0.370. The lowest BCUT2D eigenvalue weighted by molar-refractivity contribution is 0.306. The van der Waals surface area contributed by atoms with Crippen LogP contribution in [-0.4, -0.2) is 6.21 Å². The van der Waals surface area contributed by atoms with Crippen molar-refractivity contribution >= 4 is 35.1 Å². The summed E-state index contributed by atoms with van der Waals surface area (Å²) in [4.78, 5) is 4.57. The lowest BCUT2D eigenvalue weighted by Crippen LogP contribution is -1.97. The lowest BCUT2D eigenvalue weighted by atomic mass is 10.1. The predicted octanol–water partition coefficient (Wildman–Crippen LogP) is 6.94. The fourth-order valence-corrected chi connectivity index (χ4v) is 2.92. The highest BCUT2D eigenvalue weighted by atomic mass is 35.5. The molecule has 0 aliphatic heterocycles. The normalized spacial score (nSPS) is 11.1. The molecule has 0 saturated carbocycles. The first kappa shape index (κ1) is 18.5. The summed E-state index contributed by atoms with van der Waals surface area (Å²) in [7, 11) is 0. The zero-order chi connectivity index (χ0) is 18.5. The molecule has 3 aromatic rings. The standard InChI is InChI=1S/C22H19Cl2NO/c1-15-7-8-16(2)21(11-15)25-13-17-9-10-22(20(24)12-17)26-14-18-5-3-4-6-19(18)23/h3-13H,14H2,1-2H3. The van der Waals surface area contributed by atoms with E-state index >= 15 is 0 Å². The minimum atomic E-state index is 0.370. The summed E-state index contributed by atoms with van der Waals surface area (Å²) in [5.41, 5.74) is 5.12. The molecule has 0 saturated heterocycles. The summed E-state index contributed by atoms with van der Waals surface area (Å²) in [6.07, 6.45) is 1.81. The van der Waals surface area contributed by atoms with Gasteiger partial charge in [-0.2, -0.15) is 0 Å². The lowest BCUT2D eigenvalue weighted by Gasteiger charge is -2.09. The number of nitrogens with zero attached hydrogens (tertiary/aromatic N) is 1. The largest absolute Gasteiger partial charge is 0.487 e. The molecule has 0 N–H and O–H groups in total. The zero-order valence-corrected chi connectivity index (χ0v) is 16.2. The summed E-state index contributed by atoms with van der Waals surface area (Å²) in [5, 5.41) is 1.22. The summed E-state index contributed by atoms with van der Waals surface area (Å²) >= 11 is 12.5. The Balaban J connectivity index is 1.72. The van der Waals surface area contributed by atoms with Crippen LogP contribution in [0.15, 0.2) is 65.7 Å². The van der Waals surface area contributed by atoms with Crippen molar-refractivity contribution in [2.24, 2.45) is 4.99 Å². The van der Waals surface area contributed by atoms with Gasteiger partial charge in [-0.05, 0) is 60.9 Å². The Morgan fingerprint density at radius 3 is 2.50 bits per heavy atom. The zero-order valence-electron chi connectivity index (χ0n) is 14.7. The highest BCUT2D eigenvalue weighted by Crippen LogP contribution is 2.27. The van der Waals surface area contributed by atoms with Crippen LogP contribution in [0.25, 0.3) is 0 Å². The molecule has 2 nitrogen and oxygen atoms in total. The Kier molecular flexibility index (Phi) is 5.97. The summed E-state index contributed by atoms with van der Waals surface area (Å²) < 4.78 is 5.80. The van der Waals surface area contributed by atoms with Crippen molar-refractivity contribution in [1.29, 1.82) is 0 Å². The molecule has 26 heavy (non-hydrogen) atoms. The Labute approximate surface area is 164 Å². The Hall–Kier alpha value is -2.29. The van der Waals surface area contributed by atoms with E-state index in [-0.39, 0.29) is 0 Å². The molecule has 3 rings (SSSR count). The van der Waals surface area contributed by atoms with E-state index in [2.05, 4.69) is 30.1 Å². The molecule has 0 spiro atoms. The highest BCUT2D eigenvalue weighted by molar-refractivity contribution is 6.32. The molecule has 0 aliphatic rings. The number of halogens is 2. The van der Waals surface area contributed by atoms with Crippen molar-refractivity contribution in [3.05, 3.63) is 93.0 Å². The first-order valence-corrected chi connectivity index (χ1v) is 9.05. The molecule has 0 aliphatic carbocycles. The molecule has 3 aromatic carbocycles. The van der Waals surface area contributed by atoms with E-state index in [1.807, 2.05) is 55.6 Å². The maximum absolute atomic E-state index is 6.35. The number of hydrogen-bond donors (Lipinski definition) is 0. The van der Waals surface area contributed by atoms with Gasteiger partial charge in [0, 0.05) is 16.8 Å². The van der Waals surface area contributed by atoms with Gasteiger partial charge in [-0.15, -0.1) is 0 Å². The fraction of sp³-hybridized carbons (Fsp3) is 0.136. The topological polar surface area (TPSA) is 21.6 Å².